The van der Waals surface area contributed by atoms with Crippen LogP contribution in [0.2, 0.25) is 0 Å². The van der Waals surface area contributed by atoms with Crippen LogP contribution >= 0.6 is 0 Å². The molecule has 110 valence electrons. The molecule has 2 rings (SSSR count). The summed E-state index contributed by atoms with van der Waals surface area (Å²) in [4.78, 5) is 11.6. The van der Waals surface area contributed by atoms with E-state index in [1.165, 1.54) is 5.56 Å². The van der Waals surface area contributed by atoms with Crippen molar-refractivity contribution >= 4 is 11.6 Å². The molecule has 1 unspecified atom stereocenters. The Morgan fingerprint density at radius 2 is 1.81 bits per heavy atom. The van der Waals surface area contributed by atoms with Crippen molar-refractivity contribution < 1.29 is 9.53 Å². The summed E-state index contributed by atoms with van der Waals surface area (Å²) in [7, 11) is 1.62. The summed E-state index contributed by atoms with van der Waals surface area (Å²) in [6.45, 7) is 0. The quantitative estimate of drug-likeness (QED) is 0.821. The molecule has 0 bridgehead atoms. The molecular weight excluding hydrogens is 264 g/mol. The predicted octanol–water partition coefficient (Wildman–Crippen LogP) is 2.59. The standard InChI is InChI=1S/C17H20N2O2/c1-21-15-10-8-14(9-11-15)19-16(17(18)20)12-7-13-5-3-2-4-6-13/h2-6,8-11,16,19H,7,12H2,1H3,(H2,18,20). The molecule has 4 heteroatoms. The molecule has 0 aliphatic carbocycles. The molecule has 0 aliphatic heterocycles. The molecular formula is C17H20N2O2. The summed E-state index contributed by atoms with van der Waals surface area (Å²) in [5.41, 5.74) is 7.53. The highest BCUT2D eigenvalue weighted by Gasteiger charge is 2.14. The Bertz CT molecular complexity index is 567. The van der Waals surface area contributed by atoms with Gasteiger partial charge in [0.1, 0.15) is 11.8 Å². The number of amides is 1. The molecule has 1 atom stereocenters. The molecule has 0 radical (unpaired) electrons. The lowest BCUT2D eigenvalue weighted by Crippen LogP contribution is -2.35. The van der Waals surface area contributed by atoms with Crippen LogP contribution in [0.15, 0.2) is 54.6 Å². The summed E-state index contributed by atoms with van der Waals surface area (Å²) in [5, 5.41) is 3.17. The first-order valence-electron chi connectivity index (χ1n) is 6.93. The van der Waals surface area contributed by atoms with Gasteiger partial charge in [0.05, 0.1) is 7.11 Å². The minimum Gasteiger partial charge on any atom is -0.497 e. The average Bonchev–Trinajstić information content (AvgIpc) is 2.52. The second-order valence-electron chi connectivity index (χ2n) is 4.85. The fraction of sp³-hybridized carbons (Fsp3) is 0.235. The number of carbonyl (C=O) groups excluding carboxylic acids is 1. The molecule has 0 aliphatic rings. The topological polar surface area (TPSA) is 64.3 Å². The first kappa shape index (κ1) is 14.9. The van der Waals surface area contributed by atoms with Gasteiger partial charge in [0, 0.05) is 5.69 Å². The first-order valence-corrected chi connectivity index (χ1v) is 6.93. The van der Waals surface area contributed by atoms with E-state index in [0.717, 1.165) is 17.9 Å². The number of carbonyl (C=O) groups is 1. The lowest BCUT2D eigenvalue weighted by Gasteiger charge is -2.17. The van der Waals surface area contributed by atoms with Crippen LogP contribution in [-0.4, -0.2) is 19.1 Å². The van der Waals surface area contributed by atoms with Crippen molar-refractivity contribution in [2.24, 2.45) is 5.73 Å². The maximum Gasteiger partial charge on any atom is 0.239 e. The van der Waals surface area contributed by atoms with E-state index < -0.39 is 6.04 Å². The Hall–Kier alpha value is -2.49. The predicted molar refractivity (Wildman–Crippen MR) is 84.4 cm³/mol. The largest absolute Gasteiger partial charge is 0.497 e. The Kier molecular flexibility index (Phi) is 5.21. The zero-order chi connectivity index (χ0) is 15.1. The number of nitrogens with two attached hydrogens (primary N) is 1. The fourth-order valence-corrected chi connectivity index (χ4v) is 2.13. The zero-order valence-electron chi connectivity index (χ0n) is 12.1. The number of ether oxygens (including phenoxy) is 1. The van der Waals surface area contributed by atoms with Gasteiger partial charge >= 0.3 is 0 Å². The maximum atomic E-state index is 11.6. The van der Waals surface area contributed by atoms with Crippen LogP contribution in [0.5, 0.6) is 5.75 Å². The number of anilines is 1. The Balaban J connectivity index is 1.96. The van der Waals surface area contributed by atoms with E-state index in [1.807, 2.05) is 54.6 Å². The molecule has 4 nitrogen and oxygen atoms in total. The van der Waals surface area contributed by atoms with E-state index in [4.69, 9.17) is 10.5 Å². The fourth-order valence-electron chi connectivity index (χ4n) is 2.13. The molecule has 0 heterocycles. The van der Waals surface area contributed by atoms with Crippen molar-refractivity contribution in [2.75, 3.05) is 12.4 Å². The monoisotopic (exact) mass is 284 g/mol. The van der Waals surface area contributed by atoms with E-state index in [-0.39, 0.29) is 5.91 Å². The van der Waals surface area contributed by atoms with Crippen LogP contribution in [0.3, 0.4) is 0 Å². The second kappa shape index (κ2) is 7.33. The molecule has 0 saturated carbocycles. The van der Waals surface area contributed by atoms with Crippen molar-refractivity contribution in [3.8, 4) is 5.75 Å². The number of nitrogens with one attached hydrogen (secondary N) is 1. The van der Waals surface area contributed by atoms with Crippen molar-refractivity contribution in [2.45, 2.75) is 18.9 Å². The third-order valence-corrected chi connectivity index (χ3v) is 3.34. The van der Waals surface area contributed by atoms with Gasteiger partial charge in [-0.3, -0.25) is 4.79 Å². The van der Waals surface area contributed by atoms with Gasteiger partial charge in [-0.15, -0.1) is 0 Å². The number of hydrogen-bond donors (Lipinski definition) is 2. The van der Waals surface area contributed by atoms with E-state index in [2.05, 4.69) is 5.32 Å². The van der Waals surface area contributed by atoms with Crippen LogP contribution in [-0.2, 0) is 11.2 Å². The highest BCUT2D eigenvalue weighted by molar-refractivity contribution is 5.82. The van der Waals surface area contributed by atoms with Crippen LogP contribution in [0.1, 0.15) is 12.0 Å². The van der Waals surface area contributed by atoms with Crippen LogP contribution in [0, 0.1) is 0 Å². The summed E-state index contributed by atoms with van der Waals surface area (Å²) in [6, 6.07) is 17.1. The van der Waals surface area contributed by atoms with Crippen molar-refractivity contribution in [1.82, 2.24) is 0 Å². The highest BCUT2D eigenvalue weighted by atomic mass is 16.5. The normalized spacial score (nSPS) is 11.7. The minimum atomic E-state index is -0.390. The molecule has 0 saturated heterocycles. The van der Waals surface area contributed by atoms with E-state index >= 15 is 0 Å². The lowest BCUT2D eigenvalue weighted by atomic mass is 10.0. The minimum absolute atomic E-state index is 0.346. The lowest BCUT2D eigenvalue weighted by molar-refractivity contribution is -0.118. The highest BCUT2D eigenvalue weighted by Crippen LogP contribution is 2.17. The molecule has 2 aromatic carbocycles. The first-order chi connectivity index (χ1) is 10.2. The van der Waals surface area contributed by atoms with E-state index in [9.17, 15) is 4.79 Å². The van der Waals surface area contributed by atoms with Crippen LogP contribution < -0.4 is 15.8 Å². The second-order valence-corrected chi connectivity index (χ2v) is 4.85. The van der Waals surface area contributed by atoms with Gasteiger partial charge in [-0.05, 0) is 42.7 Å². The van der Waals surface area contributed by atoms with Crippen molar-refractivity contribution in [3.05, 3.63) is 60.2 Å². The molecule has 0 spiro atoms. The number of methoxy groups -OCH3 is 1. The summed E-state index contributed by atoms with van der Waals surface area (Å²) >= 11 is 0. The van der Waals surface area contributed by atoms with Gasteiger partial charge in [-0.25, -0.2) is 0 Å². The van der Waals surface area contributed by atoms with E-state index in [1.54, 1.807) is 7.11 Å². The third-order valence-electron chi connectivity index (χ3n) is 3.34. The molecule has 2 aromatic rings. The van der Waals surface area contributed by atoms with Crippen molar-refractivity contribution in [1.29, 1.82) is 0 Å². The maximum absolute atomic E-state index is 11.6. The molecule has 1 amide bonds. The van der Waals surface area contributed by atoms with Gasteiger partial charge in [-0.2, -0.15) is 0 Å². The average molecular weight is 284 g/mol. The van der Waals surface area contributed by atoms with Crippen molar-refractivity contribution in [3.63, 3.8) is 0 Å². The van der Waals surface area contributed by atoms with Crippen LogP contribution in [0.4, 0.5) is 5.69 Å². The summed E-state index contributed by atoms with van der Waals surface area (Å²) in [6.07, 6.45) is 1.46. The molecule has 0 fully saturated rings. The number of hydrogen-bond acceptors (Lipinski definition) is 3. The molecule has 21 heavy (non-hydrogen) atoms. The number of primary amides is 1. The Morgan fingerprint density at radius 1 is 1.14 bits per heavy atom. The summed E-state index contributed by atoms with van der Waals surface area (Å²) in [5.74, 6) is 0.433. The van der Waals surface area contributed by atoms with Gasteiger partial charge in [-0.1, -0.05) is 30.3 Å². The van der Waals surface area contributed by atoms with Crippen LogP contribution in [0.25, 0.3) is 0 Å². The number of benzene rings is 2. The van der Waals surface area contributed by atoms with Gasteiger partial charge in [0.25, 0.3) is 0 Å². The molecule has 0 aromatic heterocycles. The van der Waals surface area contributed by atoms with E-state index in [0.29, 0.717) is 6.42 Å². The summed E-state index contributed by atoms with van der Waals surface area (Å²) < 4.78 is 5.11. The Morgan fingerprint density at radius 3 is 2.38 bits per heavy atom. The SMILES string of the molecule is COc1ccc(NC(CCc2ccccc2)C(N)=O)cc1. The zero-order valence-corrected chi connectivity index (χ0v) is 12.1. The van der Waals surface area contributed by atoms with Gasteiger partial charge in [0.2, 0.25) is 5.91 Å². The van der Waals surface area contributed by atoms with Gasteiger partial charge < -0.3 is 15.8 Å². The van der Waals surface area contributed by atoms with Gasteiger partial charge in [0.15, 0.2) is 0 Å². The molecule has 3 N–H and O–H groups in total. The smallest absolute Gasteiger partial charge is 0.239 e. The third kappa shape index (κ3) is 4.53. The number of aryl methyl sites for hydroxylation is 1. The number of rotatable bonds is 7. The Labute approximate surface area is 124 Å².